The Labute approximate surface area is 266 Å². The van der Waals surface area contributed by atoms with E-state index in [1.807, 2.05) is 12.1 Å². The van der Waals surface area contributed by atoms with Gasteiger partial charge in [0.15, 0.2) is 5.78 Å². The number of carbonyl (C=O) groups excluding carboxylic acids is 1. The van der Waals surface area contributed by atoms with Crippen molar-refractivity contribution in [3.05, 3.63) is 89.4 Å². The second-order valence-electron chi connectivity index (χ2n) is 11.4. The van der Waals surface area contributed by atoms with Crippen LogP contribution in [-0.4, -0.2) is 45.3 Å². The summed E-state index contributed by atoms with van der Waals surface area (Å²) in [5.41, 5.74) is 1.69. The van der Waals surface area contributed by atoms with Crippen molar-refractivity contribution in [2.75, 3.05) is 31.0 Å². The molecule has 0 saturated carbocycles. The molecule has 1 N–H and O–H groups in total. The predicted octanol–water partition coefficient (Wildman–Crippen LogP) is 8.62. The zero-order chi connectivity index (χ0) is 32.2. The minimum absolute atomic E-state index is 0.0660. The molecule has 9 heteroatoms. The number of aryl methyl sites for hydroxylation is 1. The van der Waals surface area contributed by atoms with Crippen molar-refractivity contribution < 1.29 is 26.8 Å². The molecule has 0 fully saturated rings. The molecule has 0 aliphatic heterocycles. The quantitative estimate of drug-likeness (QED) is 0.0819. The van der Waals surface area contributed by atoms with Crippen molar-refractivity contribution >= 4 is 32.5 Å². The molecule has 0 saturated heterocycles. The van der Waals surface area contributed by atoms with Crippen molar-refractivity contribution in [1.82, 2.24) is 4.90 Å². The number of ether oxygens (including phenoxy) is 1. The number of rotatable bonds is 19. The van der Waals surface area contributed by atoms with Gasteiger partial charge < -0.3 is 14.1 Å². The van der Waals surface area contributed by atoms with E-state index in [0.717, 1.165) is 51.0 Å². The molecule has 242 valence electrons. The monoisotopic (exact) mass is 636 g/mol. The highest BCUT2D eigenvalue weighted by Crippen LogP contribution is 2.32. The number of unbranched alkanes of at least 4 members (excludes halogenated alkanes) is 3. The third-order valence-corrected chi connectivity index (χ3v) is 9.18. The molecule has 4 rings (SSSR count). The number of nitrogens with one attached hydrogen (secondary N) is 1. The molecule has 0 aliphatic rings. The van der Waals surface area contributed by atoms with Crippen LogP contribution in [-0.2, 0) is 16.4 Å². The Morgan fingerprint density at radius 2 is 1.49 bits per heavy atom. The summed E-state index contributed by atoms with van der Waals surface area (Å²) in [6.45, 7) is 10.4. The van der Waals surface area contributed by atoms with E-state index in [4.69, 9.17) is 9.15 Å². The van der Waals surface area contributed by atoms with E-state index >= 15 is 0 Å². The maximum absolute atomic E-state index is 13.9. The molecular formula is C36H45FN2O5S. The second-order valence-corrected chi connectivity index (χ2v) is 13.1. The lowest BCUT2D eigenvalue weighted by Crippen LogP contribution is -2.28. The smallest absolute Gasteiger partial charge is 0.261 e. The maximum atomic E-state index is 13.9. The lowest BCUT2D eigenvalue weighted by Gasteiger charge is -2.21. The molecule has 1 heterocycles. The summed E-state index contributed by atoms with van der Waals surface area (Å²) in [6.07, 6.45) is 8.07. The zero-order valence-corrected chi connectivity index (χ0v) is 27.4. The van der Waals surface area contributed by atoms with Gasteiger partial charge in [0.05, 0.1) is 17.1 Å². The van der Waals surface area contributed by atoms with Gasteiger partial charge in [-0.3, -0.25) is 9.52 Å². The van der Waals surface area contributed by atoms with Gasteiger partial charge in [0, 0.05) is 29.6 Å². The summed E-state index contributed by atoms with van der Waals surface area (Å²) in [5, 5.41) is 0.529. The Morgan fingerprint density at radius 1 is 0.844 bits per heavy atom. The van der Waals surface area contributed by atoms with Crippen LogP contribution in [0.25, 0.3) is 11.0 Å². The topological polar surface area (TPSA) is 88.8 Å². The Hall–Kier alpha value is -3.69. The van der Waals surface area contributed by atoms with Gasteiger partial charge in [-0.1, -0.05) is 40.0 Å². The van der Waals surface area contributed by atoms with Crippen LogP contribution in [0.15, 0.2) is 76.0 Å². The van der Waals surface area contributed by atoms with Crippen LogP contribution in [0.2, 0.25) is 0 Å². The largest absolute Gasteiger partial charge is 0.494 e. The number of hydrogen-bond donors (Lipinski definition) is 1. The fraction of sp³-hybridized carbons (Fsp3) is 0.417. The van der Waals surface area contributed by atoms with Gasteiger partial charge in [0.25, 0.3) is 10.0 Å². The van der Waals surface area contributed by atoms with Crippen LogP contribution in [0, 0.1) is 5.82 Å². The van der Waals surface area contributed by atoms with Crippen LogP contribution in [0.1, 0.15) is 87.4 Å². The SMILES string of the molecule is CCCCc1oc2ccc(NS(=O)(=O)c3ccc(F)cc3)cc2c1C(=O)c1ccc(OCCCN(CCCC)CCCC)cc1. The third-order valence-electron chi connectivity index (χ3n) is 7.78. The number of nitrogens with zero attached hydrogens (tertiary/aromatic N) is 1. The number of hydrogen-bond acceptors (Lipinski definition) is 6. The lowest BCUT2D eigenvalue weighted by atomic mass is 9.98. The molecule has 4 aromatic rings. The first-order valence-electron chi connectivity index (χ1n) is 16.1. The zero-order valence-electron chi connectivity index (χ0n) is 26.6. The van der Waals surface area contributed by atoms with E-state index in [1.54, 1.807) is 30.3 Å². The Balaban J connectivity index is 1.49. The maximum Gasteiger partial charge on any atom is 0.261 e. The van der Waals surface area contributed by atoms with Crippen molar-refractivity contribution in [2.24, 2.45) is 0 Å². The first-order chi connectivity index (χ1) is 21.7. The van der Waals surface area contributed by atoms with E-state index < -0.39 is 15.8 Å². The third kappa shape index (κ3) is 9.41. The van der Waals surface area contributed by atoms with E-state index in [9.17, 15) is 17.6 Å². The fourth-order valence-electron chi connectivity index (χ4n) is 5.23. The standard InChI is InChI=1S/C36H45FN2O5S/c1-4-7-11-34-35(32-26-29(16-21-33(32)44-34)38-45(41,42)31-19-14-28(37)15-20-31)36(40)27-12-17-30(18-13-27)43-25-10-24-39(22-8-5-2)23-9-6-3/h12-21,26,38H,4-11,22-25H2,1-3H3. The molecule has 0 spiro atoms. The molecule has 0 amide bonds. The molecule has 0 bridgehead atoms. The highest BCUT2D eigenvalue weighted by molar-refractivity contribution is 7.92. The average Bonchev–Trinajstić information content (AvgIpc) is 3.40. The molecule has 0 radical (unpaired) electrons. The van der Waals surface area contributed by atoms with Crippen molar-refractivity contribution in [3.63, 3.8) is 0 Å². The van der Waals surface area contributed by atoms with Crippen LogP contribution in [0.4, 0.5) is 10.1 Å². The average molecular weight is 637 g/mol. The van der Waals surface area contributed by atoms with E-state index in [0.29, 0.717) is 46.6 Å². The van der Waals surface area contributed by atoms with Gasteiger partial charge in [-0.05, 0) is 106 Å². The number of halogens is 1. The summed E-state index contributed by atoms with van der Waals surface area (Å²) < 4.78 is 53.9. The minimum atomic E-state index is -3.97. The van der Waals surface area contributed by atoms with Crippen molar-refractivity contribution in [3.8, 4) is 5.75 Å². The second kappa shape index (κ2) is 16.6. The summed E-state index contributed by atoms with van der Waals surface area (Å²) >= 11 is 0. The number of carbonyl (C=O) groups is 1. The van der Waals surface area contributed by atoms with Crippen LogP contribution < -0.4 is 9.46 Å². The first kappa shape index (κ1) is 34.2. The van der Waals surface area contributed by atoms with Gasteiger partial charge in [-0.25, -0.2) is 12.8 Å². The van der Waals surface area contributed by atoms with Crippen molar-refractivity contribution in [2.45, 2.75) is 77.0 Å². The Kier molecular flexibility index (Phi) is 12.6. The number of benzene rings is 3. The number of furan rings is 1. The minimum Gasteiger partial charge on any atom is -0.494 e. The van der Waals surface area contributed by atoms with Gasteiger partial charge in [-0.2, -0.15) is 0 Å². The predicted molar refractivity (Wildman–Crippen MR) is 178 cm³/mol. The van der Waals surface area contributed by atoms with Crippen molar-refractivity contribution in [1.29, 1.82) is 0 Å². The van der Waals surface area contributed by atoms with Gasteiger partial charge in [0.1, 0.15) is 22.9 Å². The van der Waals surface area contributed by atoms with E-state index in [2.05, 4.69) is 30.4 Å². The highest BCUT2D eigenvalue weighted by Gasteiger charge is 2.23. The Morgan fingerprint density at radius 3 is 2.13 bits per heavy atom. The summed E-state index contributed by atoms with van der Waals surface area (Å²) in [6, 6.07) is 16.6. The van der Waals surface area contributed by atoms with E-state index in [-0.39, 0.29) is 16.4 Å². The summed E-state index contributed by atoms with van der Waals surface area (Å²) in [7, 11) is -3.97. The molecule has 1 aromatic heterocycles. The molecule has 0 aliphatic carbocycles. The van der Waals surface area contributed by atoms with Gasteiger partial charge in [-0.15, -0.1) is 0 Å². The normalized spacial score (nSPS) is 11.8. The number of anilines is 1. The fourth-order valence-corrected chi connectivity index (χ4v) is 6.28. The van der Waals surface area contributed by atoms with Crippen LogP contribution >= 0.6 is 0 Å². The molecule has 0 atom stereocenters. The first-order valence-corrected chi connectivity index (χ1v) is 17.6. The summed E-state index contributed by atoms with van der Waals surface area (Å²) in [4.78, 5) is 16.3. The molecule has 0 unspecified atom stereocenters. The van der Waals surface area contributed by atoms with E-state index in [1.165, 1.54) is 37.8 Å². The van der Waals surface area contributed by atoms with Crippen LogP contribution in [0.3, 0.4) is 0 Å². The molecule has 7 nitrogen and oxygen atoms in total. The van der Waals surface area contributed by atoms with Gasteiger partial charge in [0.2, 0.25) is 0 Å². The molecular weight excluding hydrogens is 591 g/mol. The molecule has 45 heavy (non-hydrogen) atoms. The Bertz CT molecular complexity index is 1620. The van der Waals surface area contributed by atoms with Gasteiger partial charge >= 0.3 is 0 Å². The highest BCUT2D eigenvalue weighted by atomic mass is 32.2. The molecule has 3 aromatic carbocycles. The number of sulfonamides is 1. The number of fused-ring (bicyclic) bond motifs is 1. The lowest BCUT2D eigenvalue weighted by molar-refractivity contribution is 0.103. The van der Waals surface area contributed by atoms with Crippen LogP contribution in [0.5, 0.6) is 5.75 Å². The number of ketones is 1. The summed E-state index contributed by atoms with van der Waals surface area (Å²) in [5.74, 6) is 0.558.